The maximum absolute atomic E-state index is 12.3. The van der Waals surface area contributed by atoms with Gasteiger partial charge in [-0.2, -0.15) is 0 Å². The van der Waals surface area contributed by atoms with Gasteiger partial charge in [0.15, 0.2) is 6.61 Å². The molecule has 0 bridgehead atoms. The van der Waals surface area contributed by atoms with Crippen LogP contribution >= 0.6 is 0 Å². The third kappa shape index (κ3) is 3.38. The zero-order valence-corrected chi connectivity index (χ0v) is 11.9. The van der Waals surface area contributed by atoms with E-state index in [0.29, 0.717) is 6.54 Å². The van der Waals surface area contributed by atoms with Crippen molar-refractivity contribution in [1.82, 2.24) is 0 Å². The van der Waals surface area contributed by atoms with Crippen molar-refractivity contribution >= 4 is 11.6 Å². The number of para-hydroxylation sites is 2. The molecular weight excluding hydrogens is 250 g/mol. The number of carbonyl (C=O) groups excluding carboxylic acids is 1. The molecule has 20 heavy (non-hydrogen) atoms. The molecule has 0 saturated carbocycles. The maximum Gasteiger partial charge on any atom is 0.264 e. The van der Waals surface area contributed by atoms with Crippen LogP contribution in [0.1, 0.15) is 12.5 Å². The molecule has 3 nitrogen and oxygen atoms in total. The van der Waals surface area contributed by atoms with E-state index in [4.69, 9.17) is 4.74 Å². The van der Waals surface area contributed by atoms with Crippen LogP contribution in [-0.4, -0.2) is 19.1 Å². The Kier molecular flexibility index (Phi) is 4.77. The van der Waals surface area contributed by atoms with Crippen molar-refractivity contribution in [3.63, 3.8) is 0 Å². The van der Waals surface area contributed by atoms with E-state index in [1.807, 2.05) is 68.4 Å². The Hall–Kier alpha value is -2.29. The summed E-state index contributed by atoms with van der Waals surface area (Å²) in [7, 11) is 0. The number of likely N-dealkylation sites (N-methyl/N-ethyl adjacent to an activating group) is 1. The van der Waals surface area contributed by atoms with Gasteiger partial charge in [-0.3, -0.25) is 4.79 Å². The second-order valence-electron chi connectivity index (χ2n) is 4.53. The molecule has 2 rings (SSSR count). The lowest BCUT2D eigenvalue weighted by atomic mass is 10.2. The van der Waals surface area contributed by atoms with Gasteiger partial charge in [0.25, 0.3) is 5.91 Å². The van der Waals surface area contributed by atoms with Crippen molar-refractivity contribution in [2.24, 2.45) is 0 Å². The Balaban J connectivity index is 2.02. The van der Waals surface area contributed by atoms with Crippen molar-refractivity contribution in [3.8, 4) is 5.75 Å². The van der Waals surface area contributed by atoms with E-state index in [9.17, 15) is 4.79 Å². The molecule has 0 fully saturated rings. The molecule has 2 aromatic carbocycles. The molecule has 0 atom stereocenters. The first-order valence-corrected chi connectivity index (χ1v) is 6.76. The first-order chi connectivity index (χ1) is 9.72. The quantitative estimate of drug-likeness (QED) is 0.832. The Labute approximate surface area is 119 Å². The second kappa shape index (κ2) is 6.75. The van der Waals surface area contributed by atoms with Gasteiger partial charge in [-0.05, 0) is 37.6 Å². The number of ether oxygens (including phenoxy) is 1. The smallest absolute Gasteiger partial charge is 0.264 e. The summed E-state index contributed by atoms with van der Waals surface area (Å²) in [5, 5.41) is 0. The molecule has 0 aliphatic heterocycles. The summed E-state index contributed by atoms with van der Waals surface area (Å²) < 4.78 is 5.61. The van der Waals surface area contributed by atoms with Gasteiger partial charge in [-0.1, -0.05) is 36.4 Å². The van der Waals surface area contributed by atoms with Gasteiger partial charge in [0.05, 0.1) is 0 Å². The van der Waals surface area contributed by atoms with E-state index >= 15 is 0 Å². The molecule has 0 aromatic heterocycles. The molecule has 0 aliphatic rings. The number of carbonyl (C=O) groups is 1. The molecule has 0 aliphatic carbocycles. The van der Waals surface area contributed by atoms with Crippen LogP contribution in [0.4, 0.5) is 5.69 Å². The van der Waals surface area contributed by atoms with Crippen molar-refractivity contribution in [3.05, 3.63) is 60.2 Å². The van der Waals surface area contributed by atoms with E-state index in [2.05, 4.69) is 0 Å². The number of nitrogens with zero attached hydrogens (tertiary/aromatic N) is 1. The highest BCUT2D eigenvalue weighted by Crippen LogP contribution is 2.17. The molecule has 0 unspecified atom stereocenters. The molecule has 0 saturated heterocycles. The van der Waals surface area contributed by atoms with Crippen LogP contribution in [-0.2, 0) is 4.79 Å². The first-order valence-electron chi connectivity index (χ1n) is 6.76. The van der Waals surface area contributed by atoms with Crippen LogP contribution < -0.4 is 9.64 Å². The number of hydrogen-bond donors (Lipinski definition) is 0. The fourth-order valence-electron chi connectivity index (χ4n) is 2.05. The summed E-state index contributed by atoms with van der Waals surface area (Å²) >= 11 is 0. The van der Waals surface area contributed by atoms with Gasteiger partial charge in [0, 0.05) is 12.2 Å². The topological polar surface area (TPSA) is 29.5 Å². The lowest BCUT2D eigenvalue weighted by Crippen LogP contribution is -2.34. The lowest BCUT2D eigenvalue weighted by Gasteiger charge is -2.21. The minimum atomic E-state index is -0.0399. The number of hydrogen-bond acceptors (Lipinski definition) is 2. The SMILES string of the molecule is CCN(C(=O)COc1ccccc1C)c1ccccc1. The molecule has 2 aromatic rings. The molecule has 0 radical (unpaired) electrons. The zero-order valence-electron chi connectivity index (χ0n) is 11.9. The van der Waals surface area contributed by atoms with E-state index in [0.717, 1.165) is 17.0 Å². The summed E-state index contributed by atoms with van der Waals surface area (Å²) in [6.07, 6.45) is 0. The Morgan fingerprint density at radius 1 is 1.05 bits per heavy atom. The van der Waals surface area contributed by atoms with Crippen LogP contribution in [0.5, 0.6) is 5.75 Å². The van der Waals surface area contributed by atoms with Crippen LogP contribution in [0.3, 0.4) is 0 Å². The molecule has 104 valence electrons. The highest BCUT2D eigenvalue weighted by atomic mass is 16.5. The Bertz CT molecular complexity index is 566. The predicted molar refractivity (Wildman–Crippen MR) is 81.1 cm³/mol. The first kappa shape index (κ1) is 14.1. The minimum absolute atomic E-state index is 0.0399. The molecule has 0 heterocycles. The molecular formula is C17H19NO2. The third-order valence-corrected chi connectivity index (χ3v) is 3.13. The van der Waals surface area contributed by atoms with Gasteiger partial charge in [0.1, 0.15) is 5.75 Å². The number of aryl methyl sites for hydroxylation is 1. The monoisotopic (exact) mass is 269 g/mol. The van der Waals surface area contributed by atoms with Crippen molar-refractivity contribution in [2.75, 3.05) is 18.1 Å². The highest BCUT2D eigenvalue weighted by molar-refractivity contribution is 5.94. The van der Waals surface area contributed by atoms with Crippen LogP contribution in [0, 0.1) is 6.92 Å². The molecule has 3 heteroatoms. The third-order valence-electron chi connectivity index (χ3n) is 3.13. The van der Waals surface area contributed by atoms with Crippen LogP contribution in [0.2, 0.25) is 0 Å². The standard InChI is InChI=1S/C17H19NO2/c1-3-18(15-10-5-4-6-11-15)17(19)13-20-16-12-8-7-9-14(16)2/h4-12H,3,13H2,1-2H3. The molecule has 1 amide bonds. The Morgan fingerprint density at radius 3 is 2.35 bits per heavy atom. The molecule has 0 N–H and O–H groups in total. The summed E-state index contributed by atoms with van der Waals surface area (Å²) in [5.74, 6) is 0.715. The number of benzene rings is 2. The zero-order chi connectivity index (χ0) is 14.4. The largest absolute Gasteiger partial charge is 0.483 e. The minimum Gasteiger partial charge on any atom is -0.483 e. The van der Waals surface area contributed by atoms with Crippen molar-refractivity contribution in [1.29, 1.82) is 0 Å². The fourth-order valence-corrected chi connectivity index (χ4v) is 2.05. The number of anilines is 1. The summed E-state index contributed by atoms with van der Waals surface area (Å²) in [6.45, 7) is 4.60. The Morgan fingerprint density at radius 2 is 1.70 bits per heavy atom. The number of amides is 1. The van der Waals surface area contributed by atoms with Crippen LogP contribution in [0.15, 0.2) is 54.6 Å². The summed E-state index contributed by atoms with van der Waals surface area (Å²) in [5.41, 5.74) is 1.93. The normalized spacial score (nSPS) is 10.1. The summed E-state index contributed by atoms with van der Waals surface area (Å²) in [4.78, 5) is 14.0. The van der Waals surface area contributed by atoms with E-state index in [1.165, 1.54) is 0 Å². The van der Waals surface area contributed by atoms with Gasteiger partial charge < -0.3 is 9.64 Å². The fraction of sp³-hybridized carbons (Fsp3) is 0.235. The van der Waals surface area contributed by atoms with Gasteiger partial charge in [-0.15, -0.1) is 0 Å². The average Bonchev–Trinajstić information content (AvgIpc) is 2.48. The second-order valence-corrected chi connectivity index (χ2v) is 4.53. The van der Waals surface area contributed by atoms with E-state index in [1.54, 1.807) is 4.90 Å². The molecule has 0 spiro atoms. The highest BCUT2D eigenvalue weighted by Gasteiger charge is 2.14. The van der Waals surface area contributed by atoms with Crippen molar-refractivity contribution in [2.45, 2.75) is 13.8 Å². The predicted octanol–water partition coefficient (Wildman–Crippen LogP) is 3.43. The summed E-state index contributed by atoms with van der Waals surface area (Å²) in [6, 6.07) is 17.3. The van der Waals surface area contributed by atoms with E-state index in [-0.39, 0.29) is 12.5 Å². The van der Waals surface area contributed by atoms with Gasteiger partial charge in [-0.25, -0.2) is 0 Å². The van der Waals surface area contributed by atoms with Crippen LogP contribution in [0.25, 0.3) is 0 Å². The van der Waals surface area contributed by atoms with Crippen molar-refractivity contribution < 1.29 is 9.53 Å². The average molecular weight is 269 g/mol. The lowest BCUT2D eigenvalue weighted by molar-refractivity contribution is -0.120. The van der Waals surface area contributed by atoms with Gasteiger partial charge >= 0.3 is 0 Å². The van der Waals surface area contributed by atoms with E-state index < -0.39 is 0 Å². The van der Waals surface area contributed by atoms with Gasteiger partial charge in [0.2, 0.25) is 0 Å². The maximum atomic E-state index is 12.3. The number of rotatable bonds is 5.